The smallest absolute Gasteiger partial charge is 0.253 e. The van der Waals surface area contributed by atoms with Crippen LogP contribution in [0.4, 0.5) is 5.95 Å². The van der Waals surface area contributed by atoms with Gasteiger partial charge in [0.05, 0.1) is 6.33 Å². The minimum absolute atomic E-state index is 0.0751. The molecule has 0 bridgehead atoms. The quantitative estimate of drug-likeness (QED) is 0.718. The van der Waals surface area contributed by atoms with Gasteiger partial charge in [-0.05, 0) is 23.8 Å². The van der Waals surface area contributed by atoms with E-state index in [1.54, 1.807) is 31.0 Å². The summed E-state index contributed by atoms with van der Waals surface area (Å²) in [7, 11) is 0. The summed E-state index contributed by atoms with van der Waals surface area (Å²) in [6.45, 7) is 3.53. The summed E-state index contributed by atoms with van der Waals surface area (Å²) < 4.78 is 1.99. The average molecular weight is 348 g/mol. The van der Waals surface area contributed by atoms with Crippen LogP contribution in [0.2, 0.25) is 0 Å². The zero-order valence-corrected chi connectivity index (χ0v) is 14.4. The molecule has 1 amide bonds. The maximum absolute atomic E-state index is 12.9. The Morgan fingerprint density at radius 3 is 2.54 bits per heavy atom. The number of amides is 1. The number of carbonyl (C=O) groups excluding carboxylic acids is 1. The van der Waals surface area contributed by atoms with E-state index in [0.29, 0.717) is 19.6 Å². The highest BCUT2D eigenvalue weighted by atomic mass is 16.2. The first-order chi connectivity index (χ1) is 12.8. The van der Waals surface area contributed by atoms with E-state index in [-0.39, 0.29) is 5.91 Å². The third kappa shape index (κ3) is 3.56. The summed E-state index contributed by atoms with van der Waals surface area (Å²) in [5, 5.41) is 0. The zero-order chi connectivity index (χ0) is 17.8. The number of rotatable bonds is 4. The van der Waals surface area contributed by atoms with Gasteiger partial charge in [0.2, 0.25) is 5.95 Å². The molecule has 26 heavy (non-hydrogen) atoms. The van der Waals surface area contributed by atoms with Gasteiger partial charge in [0.15, 0.2) is 0 Å². The van der Waals surface area contributed by atoms with Crippen LogP contribution in [0.3, 0.4) is 0 Å². The predicted octanol–water partition coefficient (Wildman–Crippen LogP) is 1.68. The fourth-order valence-corrected chi connectivity index (χ4v) is 3.14. The van der Waals surface area contributed by atoms with Gasteiger partial charge in [-0.3, -0.25) is 4.79 Å². The Hall–Kier alpha value is -3.22. The van der Waals surface area contributed by atoms with E-state index in [2.05, 4.69) is 19.9 Å². The summed E-state index contributed by atoms with van der Waals surface area (Å²) >= 11 is 0. The number of imidazole rings is 1. The van der Waals surface area contributed by atoms with Crippen LogP contribution in [-0.4, -0.2) is 56.5 Å². The molecule has 3 heterocycles. The summed E-state index contributed by atoms with van der Waals surface area (Å²) in [6, 6.07) is 9.62. The number of aromatic nitrogens is 4. The molecule has 0 unspecified atom stereocenters. The molecule has 4 rings (SSSR count). The molecule has 0 N–H and O–H groups in total. The standard InChI is InChI=1S/C19H20N6O/c26-18(17-4-1-3-16(13-17)14-23-8-7-20-15-23)24-9-11-25(12-10-24)19-21-5-2-6-22-19/h1-8,13,15H,9-12,14H2. The Morgan fingerprint density at radius 2 is 1.81 bits per heavy atom. The van der Waals surface area contributed by atoms with Crippen molar-refractivity contribution in [2.24, 2.45) is 0 Å². The highest BCUT2D eigenvalue weighted by Crippen LogP contribution is 2.14. The molecule has 1 saturated heterocycles. The van der Waals surface area contributed by atoms with Crippen molar-refractivity contribution in [2.45, 2.75) is 6.54 Å². The third-order valence-corrected chi connectivity index (χ3v) is 4.50. The van der Waals surface area contributed by atoms with Gasteiger partial charge in [-0.1, -0.05) is 12.1 Å². The van der Waals surface area contributed by atoms with Crippen LogP contribution in [0.1, 0.15) is 15.9 Å². The molecule has 0 radical (unpaired) electrons. The van der Waals surface area contributed by atoms with E-state index >= 15 is 0 Å². The molecule has 1 aliphatic heterocycles. The van der Waals surface area contributed by atoms with Crippen LogP contribution in [0, 0.1) is 0 Å². The maximum atomic E-state index is 12.9. The molecular weight excluding hydrogens is 328 g/mol. The molecule has 3 aromatic rings. The summed E-state index contributed by atoms with van der Waals surface area (Å²) in [4.78, 5) is 29.5. The summed E-state index contributed by atoms with van der Waals surface area (Å²) in [5.41, 5.74) is 1.82. The Kier molecular flexibility index (Phi) is 4.59. The molecule has 0 atom stereocenters. The lowest BCUT2D eigenvalue weighted by Crippen LogP contribution is -2.49. The summed E-state index contributed by atoms with van der Waals surface area (Å²) in [6.07, 6.45) is 8.93. The number of hydrogen-bond donors (Lipinski definition) is 0. The molecule has 2 aromatic heterocycles. The molecule has 7 heteroatoms. The number of anilines is 1. The highest BCUT2D eigenvalue weighted by molar-refractivity contribution is 5.94. The fourth-order valence-electron chi connectivity index (χ4n) is 3.14. The van der Waals surface area contributed by atoms with Crippen molar-refractivity contribution in [3.05, 3.63) is 72.6 Å². The van der Waals surface area contributed by atoms with E-state index in [9.17, 15) is 4.79 Å². The monoisotopic (exact) mass is 348 g/mol. The van der Waals surface area contributed by atoms with Crippen LogP contribution >= 0.6 is 0 Å². The Labute approximate surface area is 151 Å². The van der Waals surface area contributed by atoms with Gasteiger partial charge in [-0.15, -0.1) is 0 Å². The maximum Gasteiger partial charge on any atom is 0.253 e. The summed E-state index contributed by atoms with van der Waals surface area (Å²) in [5.74, 6) is 0.799. The van der Waals surface area contributed by atoms with Gasteiger partial charge in [0, 0.05) is 63.1 Å². The van der Waals surface area contributed by atoms with Crippen LogP contribution < -0.4 is 4.90 Å². The molecule has 132 valence electrons. The molecule has 7 nitrogen and oxygen atoms in total. The first-order valence-corrected chi connectivity index (χ1v) is 8.65. The predicted molar refractivity (Wildman–Crippen MR) is 97.9 cm³/mol. The second-order valence-corrected chi connectivity index (χ2v) is 6.26. The van der Waals surface area contributed by atoms with Gasteiger partial charge >= 0.3 is 0 Å². The molecule has 0 spiro atoms. The van der Waals surface area contributed by atoms with Crippen molar-refractivity contribution < 1.29 is 4.79 Å². The largest absolute Gasteiger partial charge is 0.337 e. The number of benzene rings is 1. The molecule has 1 fully saturated rings. The first-order valence-electron chi connectivity index (χ1n) is 8.65. The van der Waals surface area contributed by atoms with E-state index < -0.39 is 0 Å². The average Bonchev–Trinajstić information content (AvgIpc) is 3.21. The fraction of sp³-hybridized carbons (Fsp3) is 0.263. The molecular formula is C19H20N6O. The van der Waals surface area contributed by atoms with Gasteiger partial charge in [-0.25, -0.2) is 15.0 Å². The third-order valence-electron chi connectivity index (χ3n) is 4.50. The van der Waals surface area contributed by atoms with E-state index in [4.69, 9.17) is 0 Å². The number of nitrogens with zero attached hydrogens (tertiary/aromatic N) is 6. The van der Waals surface area contributed by atoms with Crippen molar-refractivity contribution in [3.63, 3.8) is 0 Å². The molecule has 1 aliphatic rings. The normalized spacial score (nSPS) is 14.5. The Morgan fingerprint density at radius 1 is 1.00 bits per heavy atom. The number of piperazine rings is 1. The van der Waals surface area contributed by atoms with E-state index in [1.165, 1.54) is 0 Å². The minimum atomic E-state index is 0.0751. The molecule has 0 saturated carbocycles. The lowest BCUT2D eigenvalue weighted by molar-refractivity contribution is 0.0746. The second-order valence-electron chi connectivity index (χ2n) is 6.26. The van der Waals surface area contributed by atoms with Crippen molar-refractivity contribution >= 4 is 11.9 Å². The Bertz CT molecular complexity index is 857. The van der Waals surface area contributed by atoms with Crippen LogP contribution in [0.25, 0.3) is 0 Å². The van der Waals surface area contributed by atoms with Crippen molar-refractivity contribution in [3.8, 4) is 0 Å². The van der Waals surface area contributed by atoms with Gasteiger partial charge in [0.1, 0.15) is 0 Å². The first kappa shape index (κ1) is 16.3. The van der Waals surface area contributed by atoms with E-state index in [0.717, 1.165) is 30.2 Å². The van der Waals surface area contributed by atoms with Gasteiger partial charge in [-0.2, -0.15) is 0 Å². The van der Waals surface area contributed by atoms with Crippen molar-refractivity contribution in [1.29, 1.82) is 0 Å². The lowest BCUT2D eigenvalue weighted by Gasteiger charge is -2.34. The highest BCUT2D eigenvalue weighted by Gasteiger charge is 2.23. The molecule has 1 aromatic carbocycles. The number of carbonyl (C=O) groups is 1. The van der Waals surface area contributed by atoms with Crippen LogP contribution in [0.5, 0.6) is 0 Å². The topological polar surface area (TPSA) is 67.2 Å². The minimum Gasteiger partial charge on any atom is -0.337 e. The van der Waals surface area contributed by atoms with Gasteiger partial charge in [0.25, 0.3) is 5.91 Å². The number of hydrogen-bond acceptors (Lipinski definition) is 5. The van der Waals surface area contributed by atoms with E-state index in [1.807, 2.05) is 39.9 Å². The molecule has 0 aliphatic carbocycles. The lowest BCUT2D eigenvalue weighted by atomic mass is 10.1. The Balaban J connectivity index is 1.40. The van der Waals surface area contributed by atoms with Crippen molar-refractivity contribution in [2.75, 3.05) is 31.1 Å². The van der Waals surface area contributed by atoms with Crippen LogP contribution in [0.15, 0.2) is 61.4 Å². The van der Waals surface area contributed by atoms with Crippen LogP contribution in [-0.2, 0) is 6.54 Å². The second kappa shape index (κ2) is 7.35. The zero-order valence-electron chi connectivity index (χ0n) is 14.4. The van der Waals surface area contributed by atoms with Crippen molar-refractivity contribution in [1.82, 2.24) is 24.4 Å². The van der Waals surface area contributed by atoms with Gasteiger partial charge < -0.3 is 14.4 Å². The SMILES string of the molecule is O=C(c1cccc(Cn2ccnc2)c1)N1CCN(c2ncccn2)CC1.